The maximum absolute atomic E-state index is 9.53. The zero-order valence-corrected chi connectivity index (χ0v) is 4.47. The fourth-order valence-corrected chi connectivity index (χ4v) is 0.268. The number of aliphatic hydroxyl groups is 1. The van der Waals surface area contributed by atoms with Gasteiger partial charge in [0.25, 0.3) is 0 Å². The number of aldehydes is 1. The van der Waals surface area contributed by atoms with Crippen LogP contribution in [0.5, 0.6) is 0 Å². The molecule has 0 saturated heterocycles. The minimum absolute atomic E-state index is 0.0490. The molecule has 0 rings (SSSR count). The van der Waals surface area contributed by atoms with Crippen molar-refractivity contribution in [2.24, 2.45) is 0 Å². The van der Waals surface area contributed by atoms with E-state index in [0.29, 0.717) is 6.29 Å². The summed E-state index contributed by atoms with van der Waals surface area (Å²) in [6, 6.07) is 0. The molecule has 0 amide bonds. The SMILES string of the molecule is O=C[C@H](O)CO[P-2]. The molecule has 3 nitrogen and oxygen atoms in total. The van der Waals surface area contributed by atoms with Crippen LogP contribution in [0, 0.1) is 0 Å². The second-order valence-electron chi connectivity index (χ2n) is 0.999. The lowest BCUT2D eigenvalue weighted by Crippen LogP contribution is -2.12. The Morgan fingerprint density at radius 3 is 2.71 bits per heavy atom. The van der Waals surface area contributed by atoms with E-state index in [4.69, 9.17) is 5.11 Å². The first-order valence-corrected chi connectivity index (χ1v) is 2.07. The van der Waals surface area contributed by atoms with E-state index in [-0.39, 0.29) is 6.61 Å². The van der Waals surface area contributed by atoms with Crippen LogP contribution in [0.3, 0.4) is 0 Å². The van der Waals surface area contributed by atoms with Crippen molar-refractivity contribution in [3.8, 4) is 0 Å². The number of aliphatic hydroxyl groups excluding tert-OH is 1. The maximum atomic E-state index is 9.53. The van der Waals surface area contributed by atoms with Gasteiger partial charge in [-0.1, -0.05) is 0 Å². The molecule has 0 aliphatic rings. The van der Waals surface area contributed by atoms with Gasteiger partial charge in [-0.2, -0.15) is 0 Å². The van der Waals surface area contributed by atoms with Gasteiger partial charge in [0.1, 0.15) is 6.10 Å². The van der Waals surface area contributed by atoms with E-state index in [1.165, 1.54) is 0 Å². The van der Waals surface area contributed by atoms with Gasteiger partial charge in [0, 0.05) is 6.61 Å². The molecule has 0 fully saturated rings. The molecule has 4 heteroatoms. The number of hydrogen-bond acceptors (Lipinski definition) is 3. The van der Waals surface area contributed by atoms with E-state index in [9.17, 15) is 4.79 Å². The lowest BCUT2D eigenvalue weighted by Gasteiger charge is -2.35. The second-order valence-corrected chi connectivity index (χ2v) is 1.26. The van der Waals surface area contributed by atoms with Crippen LogP contribution in [0.15, 0.2) is 0 Å². The Balaban J connectivity index is 2.98. The molecule has 0 bridgehead atoms. The van der Waals surface area contributed by atoms with Gasteiger partial charge in [-0.25, -0.2) is 0 Å². The zero-order valence-electron chi connectivity index (χ0n) is 3.57. The van der Waals surface area contributed by atoms with Crippen LogP contribution in [0.2, 0.25) is 0 Å². The Morgan fingerprint density at radius 2 is 2.57 bits per heavy atom. The minimum atomic E-state index is -1.03. The first-order valence-electron chi connectivity index (χ1n) is 1.71. The van der Waals surface area contributed by atoms with Crippen LogP contribution in [-0.2, 0) is 9.32 Å². The molecule has 1 atom stereocenters. The summed E-state index contributed by atoms with van der Waals surface area (Å²) in [5.74, 6) is 0. The van der Waals surface area contributed by atoms with E-state index >= 15 is 0 Å². The van der Waals surface area contributed by atoms with Crippen molar-refractivity contribution in [2.45, 2.75) is 6.10 Å². The molecular weight excluding hydrogens is 115 g/mol. The first kappa shape index (κ1) is 7.02. The summed E-state index contributed by atoms with van der Waals surface area (Å²) in [5.41, 5.74) is 0. The Kier molecular flexibility index (Phi) is 4.20. The number of rotatable bonds is 3. The normalized spacial score (nSPS) is 13.4. The van der Waals surface area contributed by atoms with E-state index in [0.717, 1.165) is 0 Å². The highest BCUT2D eigenvalue weighted by atomic mass is 31.0. The monoisotopic (exact) mass is 120 g/mol. The standard InChI is InChI=1S/C3H5O3P/c4-1-3(5)2-6-7/h1,3,5H,2H2/q-2/t3-/m0/s1. The van der Waals surface area contributed by atoms with E-state index in [2.05, 4.69) is 14.0 Å². The second kappa shape index (κ2) is 4.19. The van der Waals surface area contributed by atoms with Crippen molar-refractivity contribution in [1.82, 2.24) is 0 Å². The van der Waals surface area contributed by atoms with Crippen molar-refractivity contribution in [1.29, 1.82) is 0 Å². The molecule has 1 N–H and O–H groups in total. The summed E-state index contributed by atoms with van der Waals surface area (Å²) in [4.78, 5) is 9.53. The zero-order chi connectivity index (χ0) is 5.70. The predicted molar refractivity (Wildman–Crippen MR) is 24.9 cm³/mol. The fraction of sp³-hybridized carbons (Fsp3) is 0.667. The molecule has 0 unspecified atom stereocenters. The molecule has 42 valence electrons. The summed E-state index contributed by atoms with van der Waals surface area (Å²) in [6.45, 7) is -0.0490. The average Bonchev–Trinajstić information content (AvgIpc) is 1.68. The molecule has 7 heavy (non-hydrogen) atoms. The van der Waals surface area contributed by atoms with Gasteiger partial charge >= 0.3 is 0 Å². The number of carbonyl (C=O) groups excluding carboxylic acids is 1. The Hall–Kier alpha value is 0.0200. The molecule has 0 radical (unpaired) electrons. The van der Waals surface area contributed by atoms with Gasteiger partial charge < -0.3 is 23.9 Å². The lowest BCUT2D eigenvalue weighted by atomic mass is 10.4. The fourth-order valence-electron chi connectivity index (χ4n) is 0.116. The molecule has 0 aromatic carbocycles. The van der Waals surface area contributed by atoms with Crippen molar-refractivity contribution in [3.05, 3.63) is 0 Å². The van der Waals surface area contributed by atoms with E-state index in [1.807, 2.05) is 0 Å². The smallest absolute Gasteiger partial charge is 0.150 e. The van der Waals surface area contributed by atoms with Gasteiger partial charge in [0.2, 0.25) is 0 Å². The third kappa shape index (κ3) is 3.86. The van der Waals surface area contributed by atoms with Crippen LogP contribution in [0.4, 0.5) is 0 Å². The van der Waals surface area contributed by atoms with Crippen LogP contribution in [0.1, 0.15) is 0 Å². The van der Waals surface area contributed by atoms with E-state index in [1.54, 1.807) is 0 Å². The van der Waals surface area contributed by atoms with Crippen molar-refractivity contribution in [2.75, 3.05) is 6.61 Å². The summed E-state index contributed by atoms with van der Waals surface area (Å²) >= 11 is 0. The highest BCUT2D eigenvalue weighted by molar-refractivity contribution is 7.09. The topological polar surface area (TPSA) is 46.5 Å². The third-order valence-corrected chi connectivity index (χ3v) is 0.551. The van der Waals surface area contributed by atoms with Crippen LogP contribution < -0.4 is 0 Å². The number of hydrogen-bond donors (Lipinski definition) is 1. The van der Waals surface area contributed by atoms with Crippen molar-refractivity contribution >= 4 is 15.8 Å². The molecule has 0 saturated carbocycles. The molecule has 0 aromatic heterocycles. The Morgan fingerprint density at radius 1 is 2.00 bits per heavy atom. The molecular formula is C3H5O3P-2. The minimum Gasteiger partial charge on any atom is -1.32 e. The molecule has 0 aliphatic heterocycles. The average molecular weight is 120 g/mol. The van der Waals surface area contributed by atoms with Crippen LogP contribution >= 0.6 is 9.47 Å². The van der Waals surface area contributed by atoms with Gasteiger partial charge in [-0.3, -0.25) is 0 Å². The first-order chi connectivity index (χ1) is 3.31. The van der Waals surface area contributed by atoms with Gasteiger partial charge in [0.05, 0.1) is 0 Å². The van der Waals surface area contributed by atoms with Crippen molar-refractivity contribution in [3.63, 3.8) is 0 Å². The number of carbonyl (C=O) groups is 1. The van der Waals surface area contributed by atoms with Gasteiger partial charge in [0.15, 0.2) is 6.29 Å². The third-order valence-electron chi connectivity index (χ3n) is 0.402. The largest absolute Gasteiger partial charge is 1.32 e. The summed E-state index contributed by atoms with van der Waals surface area (Å²) in [6.07, 6.45) is -0.645. The summed E-state index contributed by atoms with van der Waals surface area (Å²) in [5, 5.41) is 8.32. The maximum Gasteiger partial charge on any atom is 0.150 e. The molecule has 0 aliphatic carbocycles. The van der Waals surface area contributed by atoms with Crippen LogP contribution in [0.25, 0.3) is 0 Å². The summed E-state index contributed by atoms with van der Waals surface area (Å²) in [7, 11) is 3.30. The molecule has 0 spiro atoms. The highest BCUT2D eigenvalue weighted by Gasteiger charge is 1.91. The summed E-state index contributed by atoms with van der Waals surface area (Å²) < 4.78 is 4.11. The van der Waals surface area contributed by atoms with Gasteiger partial charge in [-0.05, 0) is 0 Å². The Labute approximate surface area is 44.0 Å². The molecule has 0 aromatic rings. The quantitative estimate of drug-likeness (QED) is 0.417. The van der Waals surface area contributed by atoms with E-state index < -0.39 is 6.10 Å². The van der Waals surface area contributed by atoms with Crippen molar-refractivity contribution < 1.29 is 14.4 Å². The Bertz CT molecular complexity index is 56.1. The van der Waals surface area contributed by atoms with Crippen LogP contribution in [-0.4, -0.2) is 24.1 Å². The molecule has 0 heterocycles. The highest BCUT2D eigenvalue weighted by Crippen LogP contribution is 1.85. The lowest BCUT2D eigenvalue weighted by molar-refractivity contribution is -0.115. The van der Waals surface area contributed by atoms with Gasteiger partial charge in [-0.15, -0.1) is 0 Å². The predicted octanol–water partition coefficient (Wildman–Crippen LogP) is -0.112.